The number of furan rings is 1. The summed E-state index contributed by atoms with van der Waals surface area (Å²) in [6.07, 6.45) is 0. The van der Waals surface area contributed by atoms with Crippen LogP contribution in [0.3, 0.4) is 0 Å². The molecule has 0 amide bonds. The Morgan fingerprint density at radius 2 is 1.00 bits per heavy atom. The summed E-state index contributed by atoms with van der Waals surface area (Å²) in [5, 5.41) is 4.60. The minimum absolute atomic E-state index is 0.165. The molecule has 2 heterocycles. The smallest absolute Gasteiger partial charge is 0.138 e. The number of benzene rings is 10. The molecule has 3 heteroatoms. The first-order chi connectivity index (χ1) is 32.5. The summed E-state index contributed by atoms with van der Waals surface area (Å²) in [6, 6.07) is 83.8. The molecule has 13 rings (SSSR count). The third-order valence-electron chi connectivity index (χ3n) is 14.0. The Labute approximate surface area is 384 Å². The van der Waals surface area contributed by atoms with Crippen molar-refractivity contribution in [2.24, 2.45) is 0 Å². The molecule has 0 radical (unpaired) electrons. The van der Waals surface area contributed by atoms with E-state index in [0.717, 1.165) is 66.8 Å². The second kappa shape index (κ2) is 14.8. The summed E-state index contributed by atoms with van der Waals surface area (Å²) in [5.41, 5.74) is 20.5. The van der Waals surface area contributed by atoms with E-state index in [1.165, 1.54) is 55.3 Å². The highest BCUT2D eigenvalue weighted by atomic mass is 16.3. The van der Waals surface area contributed by atoms with Crippen LogP contribution < -0.4 is 4.90 Å². The fourth-order valence-electron chi connectivity index (χ4n) is 11.0. The van der Waals surface area contributed by atoms with E-state index < -0.39 is 0 Å². The van der Waals surface area contributed by atoms with E-state index in [1.54, 1.807) is 0 Å². The second-order valence-electron chi connectivity index (χ2n) is 18.0. The van der Waals surface area contributed by atoms with Gasteiger partial charge in [-0.15, -0.1) is 0 Å². The van der Waals surface area contributed by atoms with Gasteiger partial charge >= 0.3 is 0 Å². The van der Waals surface area contributed by atoms with Gasteiger partial charge < -0.3 is 13.9 Å². The summed E-state index contributed by atoms with van der Waals surface area (Å²) in [4.78, 5) is 2.46. The number of rotatable bonds is 7. The molecule has 10 aromatic carbocycles. The molecular formula is C63H44N2O. The Morgan fingerprint density at radius 3 is 1.79 bits per heavy atom. The number of hydrogen-bond donors (Lipinski definition) is 0. The number of aromatic nitrogens is 1. The van der Waals surface area contributed by atoms with Crippen LogP contribution >= 0.6 is 0 Å². The SMILES string of the molecule is CC1(C)c2ccccc2-c2ccc(-c3c4c(cc5c3c3cccc(N(c6ccc(-c7ccccc7)cc6)c6ccccc6-c6ccccc6)c3n5-c3ccccc3)oc3ccccc34)cc21. The molecule has 0 fully saturated rings. The minimum Gasteiger partial charge on any atom is -0.456 e. The van der Waals surface area contributed by atoms with Crippen LogP contribution in [0.1, 0.15) is 25.0 Å². The van der Waals surface area contributed by atoms with Gasteiger partial charge in [-0.2, -0.15) is 0 Å². The van der Waals surface area contributed by atoms with E-state index in [0.29, 0.717) is 0 Å². The normalized spacial score (nSPS) is 12.8. The molecule has 1 aliphatic carbocycles. The predicted molar refractivity (Wildman–Crippen MR) is 277 cm³/mol. The zero-order valence-electron chi connectivity index (χ0n) is 36.7. The molecule has 312 valence electrons. The van der Waals surface area contributed by atoms with Crippen molar-refractivity contribution in [3.63, 3.8) is 0 Å². The van der Waals surface area contributed by atoms with Crippen LogP contribution in [0.4, 0.5) is 17.1 Å². The van der Waals surface area contributed by atoms with E-state index >= 15 is 0 Å². The highest BCUT2D eigenvalue weighted by Crippen LogP contribution is 2.54. The number of hydrogen-bond acceptors (Lipinski definition) is 2. The number of anilines is 3. The highest BCUT2D eigenvalue weighted by molar-refractivity contribution is 6.28. The van der Waals surface area contributed by atoms with Gasteiger partial charge in [0.2, 0.25) is 0 Å². The van der Waals surface area contributed by atoms with Crippen molar-refractivity contribution in [3.05, 3.63) is 242 Å². The fourth-order valence-corrected chi connectivity index (χ4v) is 11.0. The lowest BCUT2D eigenvalue weighted by Crippen LogP contribution is -2.14. The Bertz CT molecular complexity index is 3820. The van der Waals surface area contributed by atoms with E-state index in [-0.39, 0.29) is 5.41 Å². The zero-order chi connectivity index (χ0) is 43.9. The summed E-state index contributed by atoms with van der Waals surface area (Å²) in [7, 11) is 0. The van der Waals surface area contributed by atoms with Gasteiger partial charge in [0.1, 0.15) is 11.2 Å². The van der Waals surface area contributed by atoms with Gasteiger partial charge in [-0.05, 0) is 93.0 Å². The first-order valence-corrected chi connectivity index (χ1v) is 22.8. The van der Waals surface area contributed by atoms with Crippen molar-refractivity contribution in [2.75, 3.05) is 4.90 Å². The minimum atomic E-state index is -0.165. The Kier molecular flexibility index (Phi) is 8.56. The zero-order valence-corrected chi connectivity index (χ0v) is 36.7. The van der Waals surface area contributed by atoms with Crippen LogP contribution in [0.15, 0.2) is 235 Å². The third kappa shape index (κ3) is 5.76. The molecule has 0 N–H and O–H groups in total. The maximum atomic E-state index is 6.90. The molecule has 66 heavy (non-hydrogen) atoms. The highest BCUT2D eigenvalue weighted by Gasteiger charge is 2.36. The van der Waals surface area contributed by atoms with Crippen molar-refractivity contribution in [1.82, 2.24) is 4.57 Å². The second-order valence-corrected chi connectivity index (χ2v) is 18.0. The predicted octanol–water partition coefficient (Wildman–Crippen LogP) is 17.5. The first kappa shape index (κ1) is 38.1. The van der Waals surface area contributed by atoms with Gasteiger partial charge in [0, 0.05) is 55.5 Å². The Balaban J connectivity index is 1.16. The molecule has 0 saturated heterocycles. The molecule has 0 unspecified atom stereocenters. The van der Waals surface area contributed by atoms with Gasteiger partial charge in [-0.25, -0.2) is 0 Å². The van der Waals surface area contributed by atoms with Crippen LogP contribution in [-0.2, 0) is 5.41 Å². The van der Waals surface area contributed by atoms with Gasteiger partial charge in [-0.3, -0.25) is 0 Å². The topological polar surface area (TPSA) is 21.3 Å². The van der Waals surface area contributed by atoms with Crippen molar-refractivity contribution in [3.8, 4) is 50.2 Å². The van der Waals surface area contributed by atoms with E-state index in [2.05, 4.69) is 254 Å². The fraction of sp³-hybridized carbons (Fsp3) is 0.0476. The quantitative estimate of drug-likeness (QED) is 0.159. The maximum Gasteiger partial charge on any atom is 0.138 e. The molecule has 2 aromatic heterocycles. The lowest BCUT2D eigenvalue weighted by molar-refractivity contribution is 0.660. The maximum absolute atomic E-state index is 6.90. The molecule has 0 saturated carbocycles. The van der Waals surface area contributed by atoms with Gasteiger partial charge in [0.05, 0.1) is 22.4 Å². The average molecular weight is 845 g/mol. The van der Waals surface area contributed by atoms with Gasteiger partial charge in [0.25, 0.3) is 0 Å². The molecule has 0 spiro atoms. The van der Waals surface area contributed by atoms with Crippen LogP contribution in [0.25, 0.3) is 93.9 Å². The number of para-hydroxylation sites is 4. The first-order valence-electron chi connectivity index (χ1n) is 22.8. The third-order valence-corrected chi connectivity index (χ3v) is 14.0. The van der Waals surface area contributed by atoms with E-state index in [1.807, 2.05) is 0 Å². The van der Waals surface area contributed by atoms with E-state index in [4.69, 9.17) is 4.42 Å². The summed E-state index contributed by atoms with van der Waals surface area (Å²) in [5.74, 6) is 0. The van der Waals surface area contributed by atoms with Crippen LogP contribution in [0.2, 0.25) is 0 Å². The lowest BCUT2D eigenvalue weighted by Gasteiger charge is -2.29. The molecule has 12 aromatic rings. The van der Waals surface area contributed by atoms with Gasteiger partial charge in [-0.1, -0.05) is 190 Å². The summed E-state index contributed by atoms with van der Waals surface area (Å²) in [6.45, 7) is 4.74. The molecule has 0 bridgehead atoms. The standard InChI is InChI=1S/C63H44N2O/c1-63(2)52-29-15-12-26-48(52)49-38-35-44(39-53(49)63)59-60-51-28-18-31-55(62(51)65(45-23-10-5-11-24-45)56(60)40-58-61(59)50-27-14-17-32-57(50)66-58)64(46-36-33-42(34-37-46)41-19-6-3-7-20-41)54-30-16-13-25-47(54)43-21-8-4-9-22-43/h3-40H,1-2H3. The van der Waals surface area contributed by atoms with Crippen LogP contribution in [-0.4, -0.2) is 4.57 Å². The number of fused-ring (bicyclic) bond motifs is 9. The molecular weight excluding hydrogens is 801 g/mol. The molecule has 0 aliphatic heterocycles. The van der Waals surface area contributed by atoms with Crippen LogP contribution in [0, 0.1) is 0 Å². The molecule has 0 atom stereocenters. The average Bonchev–Trinajstić information content (AvgIpc) is 3.99. The van der Waals surface area contributed by atoms with Crippen molar-refractivity contribution in [2.45, 2.75) is 19.3 Å². The Morgan fingerprint density at radius 1 is 0.409 bits per heavy atom. The van der Waals surface area contributed by atoms with Crippen LogP contribution in [0.5, 0.6) is 0 Å². The summed E-state index contributed by atoms with van der Waals surface area (Å²) >= 11 is 0. The Hall–Kier alpha value is -8.40. The van der Waals surface area contributed by atoms with E-state index in [9.17, 15) is 0 Å². The van der Waals surface area contributed by atoms with Gasteiger partial charge in [0.15, 0.2) is 0 Å². The van der Waals surface area contributed by atoms with Crippen molar-refractivity contribution >= 4 is 60.8 Å². The molecule has 3 nitrogen and oxygen atoms in total. The number of nitrogens with zero attached hydrogens (tertiary/aromatic N) is 2. The summed E-state index contributed by atoms with van der Waals surface area (Å²) < 4.78 is 9.37. The van der Waals surface area contributed by atoms with Crippen molar-refractivity contribution in [1.29, 1.82) is 0 Å². The monoisotopic (exact) mass is 844 g/mol. The largest absolute Gasteiger partial charge is 0.456 e. The molecule has 1 aliphatic rings. The van der Waals surface area contributed by atoms with Crippen molar-refractivity contribution < 1.29 is 4.42 Å². The lowest BCUT2D eigenvalue weighted by atomic mass is 9.81.